The Balaban J connectivity index is 2.60. The topological polar surface area (TPSA) is 35.2 Å². The van der Waals surface area contributed by atoms with Gasteiger partial charge in [-0.15, -0.1) is 0 Å². The summed E-state index contributed by atoms with van der Waals surface area (Å²) in [6, 6.07) is 0. The van der Waals surface area contributed by atoms with Crippen LogP contribution in [0.25, 0.3) is 0 Å². The summed E-state index contributed by atoms with van der Waals surface area (Å²) in [5.74, 6) is 2.27. The highest BCUT2D eigenvalue weighted by Crippen LogP contribution is 1.96. The Bertz CT molecular complexity index is 46.3. The quantitative estimate of drug-likeness (QED) is 0.565. The van der Waals surface area contributed by atoms with E-state index in [-0.39, 0.29) is 0 Å². The maximum atomic E-state index is 5.21. The van der Waals surface area contributed by atoms with Crippen LogP contribution in [-0.4, -0.2) is 31.3 Å². The highest BCUT2D eigenvalue weighted by molar-refractivity contribution is 7.99. The second kappa shape index (κ2) is 8.27. The molecule has 3 heteroatoms. The summed E-state index contributed by atoms with van der Waals surface area (Å²) in [5, 5.41) is 0. The Kier molecular flexibility index (Phi) is 8.52. The average molecular weight is 149 g/mol. The Morgan fingerprint density at radius 2 is 2.22 bits per heavy atom. The van der Waals surface area contributed by atoms with Gasteiger partial charge in [0, 0.05) is 12.3 Å². The molecule has 0 atom stereocenters. The second-order valence-corrected chi connectivity index (χ2v) is 2.99. The van der Waals surface area contributed by atoms with Gasteiger partial charge in [0.1, 0.15) is 0 Å². The molecule has 0 radical (unpaired) electrons. The molecular weight excluding hydrogens is 134 g/mol. The summed E-state index contributed by atoms with van der Waals surface area (Å²) in [4.78, 5) is 0. The molecule has 0 amide bonds. The molecule has 0 aliphatic rings. The number of hydrogen-bond acceptors (Lipinski definition) is 3. The second-order valence-electron chi connectivity index (χ2n) is 1.60. The van der Waals surface area contributed by atoms with E-state index in [1.807, 2.05) is 11.8 Å². The van der Waals surface area contributed by atoms with Crippen LogP contribution in [0.4, 0.5) is 0 Å². The zero-order valence-corrected chi connectivity index (χ0v) is 6.75. The fourth-order valence-corrected chi connectivity index (χ4v) is 0.972. The molecule has 0 aliphatic heterocycles. The van der Waals surface area contributed by atoms with E-state index in [0.29, 0.717) is 13.2 Å². The first-order valence-corrected chi connectivity index (χ1v) is 4.42. The van der Waals surface area contributed by atoms with Crippen LogP contribution in [0.1, 0.15) is 6.92 Å². The first kappa shape index (κ1) is 9.27. The fraction of sp³-hybridized carbons (Fsp3) is 1.00. The van der Waals surface area contributed by atoms with Crippen molar-refractivity contribution in [2.24, 2.45) is 5.73 Å². The van der Waals surface area contributed by atoms with Crippen LogP contribution in [-0.2, 0) is 4.74 Å². The minimum Gasteiger partial charge on any atom is -0.379 e. The Morgan fingerprint density at radius 3 is 2.78 bits per heavy atom. The Hall–Kier alpha value is 0.270. The van der Waals surface area contributed by atoms with E-state index >= 15 is 0 Å². The molecule has 2 nitrogen and oxygen atoms in total. The van der Waals surface area contributed by atoms with Crippen LogP contribution in [0.3, 0.4) is 0 Å². The van der Waals surface area contributed by atoms with E-state index in [9.17, 15) is 0 Å². The van der Waals surface area contributed by atoms with Crippen molar-refractivity contribution < 1.29 is 4.74 Å². The van der Waals surface area contributed by atoms with Gasteiger partial charge in [-0.05, 0) is 5.75 Å². The highest BCUT2D eigenvalue weighted by Gasteiger charge is 1.84. The van der Waals surface area contributed by atoms with E-state index in [1.54, 1.807) is 0 Å². The molecule has 0 bridgehead atoms. The van der Waals surface area contributed by atoms with Crippen molar-refractivity contribution in [1.29, 1.82) is 0 Å². The van der Waals surface area contributed by atoms with Crippen molar-refractivity contribution in [3.05, 3.63) is 0 Å². The lowest BCUT2D eigenvalue weighted by Gasteiger charge is -1.99. The zero-order chi connectivity index (χ0) is 6.95. The van der Waals surface area contributed by atoms with Gasteiger partial charge in [-0.25, -0.2) is 0 Å². The van der Waals surface area contributed by atoms with Crippen molar-refractivity contribution in [2.75, 3.05) is 31.3 Å². The summed E-state index contributed by atoms with van der Waals surface area (Å²) >= 11 is 1.89. The normalized spacial score (nSPS) is 10.0. The largest absolute Gasteiger partial charge is 0.379 e. The summed E-state index contributed by atoms with van der Waals surface area (Å²) in [6.45, 7) is 4.32. The lowest BCUT2D eigenvalue weighted by atomic mass is 10.7. The third kappa shape index (κ3) is 8.27. The van der Waals surface area contributed by atoms with Gasteiger partial charge in [0.05, 0.1) is 13.2 Å². The van der Waals surface area contributed by atoms with E-state index in [4.69, 9.17) is 10.5 Å². The van der Waals surface area contributed by atoms with Crippen LogP contribution in [0.2, 0.25) is 0 Å². The third-order valence-electron chi connectivity index (χ3n) is 0.838. The van der Waals surface area contributed by atoms with Crippen molar-refractivity contribution >= 4 is 11.8 Å². The summed E-state index contributed by atoms with van der Waals surface area (Å²) < 4.78 is 5.14. The van der Waals surface area contributed by atoms with Gasteiger partial charge in [0.2, 0.25) is 0 Å². The zero-order valence-electron chi connectivity index (χ0n) is 5.93. The summed E-state index contributed by atoms with van der Waals surface area (Å²) in [6.07, 6.45) is 0. The number of nitrogens with two attached hydrogens (primary N) is 1. The van der Waals surface area contributed by atoms with Crippen molar-refractivity contribution in [3.63, 3.8) is 0 Å². The molecule has 0 unspecified atom stereocenters. The maximum absolute atomic E-state index is 5.21. The molecule has 0 saturated heterocycles. The first-order chi connectivity index (χ1) is 4.41. The highest BCUT2D eigenvalue weighted by atomic mass is 32.2. The lowest BCUT2D eigenvalue weighted by Crippen LogP contribution is -2.09. The molecule has 0 aromatic heterocycles. The number of rotatable bonds is 6. The van der Waals surface area contributed by atoms with Crippen LogP contribution in [0, 0.1) is 0 Å². The molecule has 0 spiro atoms. The molecule has 0 fully saturated rings. The molecule has 0 aliphatic carbocycles. The molecular formula is C6H15NOS. The molecule has 0 rings (SSSR count). The Labute approximate surface area is 61.1 Å². The molecule has 0 aromatic carbocycles. The van der Waals surface area contributed by atoms with Crippen LogP contribution in [0.5, 0.6) is 0 Å². The van der Waals surface area contributed by atoms with Gasteiger partial charge in [0.25, 0.3) is 0 Å². The van der Waals surface area contributed by atoms with Crippen LogP contribution < -0.4 is 5.73 Å². The van der Waals surface area contributed by atoms with Crippen LogP contribution >= 0.6 is 11.8 Å². The standard InChI is InChI=1S/C6H15NOS/c1-2-9-6-5-8-4-3-7/h2-7H2,1H3. The fourth-order valence-electron chi connectivity index (χ4n) is 0.448. The number of hydrogen-bond donors (Lipinski definition) is 1. The van der Waals surface area contributed by atoms with Crippen molar-refractivity contribution in [2.45, 2.75) is 6.92 Å². The predicted octanol–water partition coefficient (Wildman–Crippen LogP) is 0.715. The minimum atomic E-state index is 0.636. The molecule has 0 heterocycles. The van der Waals surface area contributed by atoms with Gasteiger partial charge in [0.15, 0.2) is 0 Å². The number of thioether (sulfide) groups is 1. The van der Waals surface area contributed by atoms with Gasteiger partial charge in [-0.2, -0.15) is 11.8 Å². The van der Waals surface area contributed by atoms with Crippen molar-refractivity contribution in [1.82, 2.24) is 0 Å². The summed E-state index contributed by atoms with van der Waals surface area (Å²) in [7, 11) is 0. The predicted molar refractivity (Wildman–Crippen MR) is 42.9 cm³/mol. The van der Waals surface area contributed by atoms with E-state index in [1.165, 1.54) is 5.75 Å². The molecule has 0 aromatic rings. The SMILES string of the molecule is CCSCCOCCN. The lowest BCUT2D eigenvalue weighted by molar-refractivity contribution is 0.158. The minimum absolute atomic E-state index is 0.636. The van der Waals surface area contributed by atoms with Gasteiger partial charge in [-0.3, -0.25) is 0 Å². The Morgan fingerprint density at radius 1 is 1.44 bits per heavy atom. The molecule has 0 saturated carbocycles. The monoisotopic (exact) mass is 149 g/mol. The summed E-state index contributed by atoms with van der Waals surface area (Å²) in [5.41, 5.74) is 5.21. The third-order valence-corrected chi connectivity index (χ3v) is 1.70. The maximum Gasteiger partial charge on any atom is 0.0589 e. The molecule has 9 heavy (non-hydrogen) atoms. The first-order valence-electron chi connectivity index (χ1n) is 3.27. The molecule has 2 N–H and O–H groups in total. The number of ether oxygens (including phenoxy) is 1. The van der Waals surface area contributed by atoms with Gasteiger partial charge in [-0.1, -0.05) is 6.92 Å². The smallest absolute Gasteiger partial charge is 0.0589 e. The van der Waals surface area contributed by atoms with Gasteiger partial charge >= 0.3 is 0 Å². The molecule has 56 valence electrons. The average Bonchev–Trinajstić information content (AvgIpc) is 1.89. The van der Waals surface area contributed by atoms with Crippen molar-refractivity contribution in [3.8, 4) is 0 Å². The van der Waals surface area contributed by atoms with E-state index < -0.39 is 0 Å². The van der Waals surface area contributed by atoms with E-state index in [2.05, 4.69) is 6.92 Å². The van der Waals surface area contributed by atoms with Gasteiger partial charge < -0.3 is 10.5 Å². The van der Waals surface area contributed by atoms with E-state index in [0.717, 1.165) is 12.4 Å². The van der Waals surface area contributed by atoms with Crippen LogP contribution in [0.15, 0.2) is 0 Å².